The number of likely N-dealkylation sites (N-methyl/N-ethyl adjacent to an activating group) is 1. The van der Waals surface area contributed by atoms with Crippen LogP contribution in [0.1, 0.15) is 18.7 Å². The van der Waals surface area contributed by atoms with Crippen LogP contribution in [0.25, 0.3) is 0 Å². The Morgan fingerprint density at radius 2 is 2.11 bits per heavy atom. The van der Waals surface area contributed by atoms with Gasteiger partial charge in [0.15, 0.2) is 5.96 Å². The highest BCUT2D eigenvalue weighted by Gasteiger charge is 2.06. The molecular formula is C20H29IN4O2S. The third-order valence-electron chi connectivity index (χ3n) is 3.75. The number of amides is 1. The van der Waals surface area contributed by atoms with Crippen LogP contribution in [0, 0.1) is 0 Å². The summed E-state index contributed by atoms with van der Waals surface area (Å²) >= 11 is 1.78. The van der Waals surface area contributed by atoms with Gasteiger partial charge in [-0.2, -0.15) is 0 Å². The van der Waals surface area contributed by atoms with Crippen molar-refractivity contribution in [2.24, 2.45) is 4.99 Å². The van der Waals surface area contributed by atoms with Gasteiger partial charge in [0, 0.05) is 43.7 Å². The van der Waals surface area contributed by atoms with E-state index in [0.29, 0.717) is 18.9 Å². The molecule has 0 aliphatic heterocycles. The number of hydrogen-bond acceptors (Lipinski definition) is 4. The van der Waals surface area contributed by atoms with Crippen molar-refractivity contribution in [1.82, 2.24) is 10.2 Å². The normalized spacial score (nSPS) is 10.8. The van der Waals surface area contributed by atoms with Crippen molar-refractivity contribution in [3.8, 4) is 5.75 Å². The average molecular weight is 516 g/mol. The molecule has 1 aromatic heterocycles. The Hall–Kier alpha value is -1.81. The van der Waals surface area contributed by atoms with E-state index < -0.39 is 0 Å². The molecule has 0 aliphatic rings. The number of nitrogens with one attached hydrogen (secondary N) is 2. The first-order valence-electron chi connectivity index (χ1n) is 9.10. The number of carbonyl (C=O) groups excluding carboxylic acids is 1. The Morgan fingerprint density at radius 1 is 1.29 bits per heavy atom. The van der Waals surface area contributed by atoms with E-state index in [1.807, 2.05) is 31.3 Å². The van der Waals surface area contributed by atoms with E-state index in [9.17, 15) is 4.79 Å². The summed E-state index contributed by atoms with van der Waals surface area (Å²) < 4.78 is 5.75. The molecule has 8 heteroatoms. The van der Waals surface area contributed by atoms with E-state index in [4.69, 9.17) is 4.74 Å². The lowest BCUT2D eigenvalue weighted by Gasteiger charge is -2.21. The summed E-state index contributed by atoms with van der Waals surface area (Å²) in [5.74, 6) is 1.50. The van der Waals surface area contributed by atoms with Crippen molar-refractivity contribution in [1.29, 1.82) is 0 Å². The zero-order valence-corrected chi connectivity index (χ0v) is 19.8. The highest BCUT2D eigenvalue weighted by atomic mass is 127. The summed E-state index contributed by atoms with van der Waals surface area (Å²) in [6.45, 7) is 6.30. The molecule has 0 atom stereocenters. The number of rotatable bonds is 9. The maximum atomic E-state index is 11.1. The van der Waals surface area contributed by atoms with Crippen LogP contribution in [0.15, 0.2) is 46.8 Å². The molecule has 2 aromatic rings. The van der Waals surface area contributed by atoms with Crippen LogP contribution >= 0.6 is 35.3 Å². The zero-order chi connectivity index (χ0) is 19.5. The first-order chi connectivity index (χ1) is 13.1. The Morgan fingerprint density at radius 3 is 2.79 bits per heavy atom. The van der Waals surface area contributed by atoms with Gasteiger partial charge in [-0.1, -0.05) is 12.1 Å². The summed E-state index contributed by atoms with van der Waals surface area (Å²) in [4.78, 5) is 19.3. The van der Waals surface area contributed by atoms with Crippen molar-refractivity contribution in [3.05, 3.63) is 46.7 Å². The number of thiophene rings is 1. The number of aliphatic imine (C=N–C) groups is 1. The number of hydrogen-bond donors (Lipinski definition) is 2. The number of nitrogens with zero attached hydrogens (tertiary/aromatic N) is 2. The van der Waals surface area contributed by atoms with Crippen LogP contribution < -0.4 is 15.4 Å². The minimum absolute atomic E-state index is 0. The van der Waals surface area contributed by atoms with Crippen molar-refractivity contribution < 1.29 is 9.53 Å². The van der Waals surface area contributed by atoms with E-state index in [1.165, 1.54) is 11.8 Å². The summed E-state index contributed by atoms with van der Waals surface area (Å²) in [6.07, 6.45) is 1.00. The van der Waals surface area contributed by atoms with Gasteiger partial charge in [0.05, 0.1) is 6.54 Å². The molecule has 154 valence electrons. The molecular weight excluding hydrogens is 487 g/mol. The van der Waals surface area contributed by atoms with Gasteiger partial charge in [-0.15, -0.1) is 35.3 Å². The summed E-state index contributed by atoms with van der Waals surface area (Å²) in [7, 11) is 2.05. The quantitative estimate of drug-likeness (QED) is 0.230. The molecule has 1 amide bonds. The third-order valence-corrected chi connectivity index (χ3v) is 4.68. The van der Waals surface area contributed by atoms with Gasteiger partial charge in [-0.05, 0) is 36.9 Å². The lowest BCUT2D eigenvalue weighted by Crippen LogP contribution is -2.40. The Balaban J connectivity index is 0.00000392. The fourth-order valence-electron chi connectivity index (χ4n) is 2.49. The van der Waals surface area contributed by atoms with Gasteiger partial charge in [0.1, 0.15) is 12.4 Å². The van der Waals surface area contributed by atoms with Crippen molar-refractivity contribution in [2.75, 3.05) is 38.6 Å². The number of halogens is 1. The smallest absolute Gasteiger partial charge is 0.221 e. The molecule has 0 bridgehead atoms. The summed E-state index contributed by atoms with van der Waals surface area (Å²) in [5.41, 5.74) is 0.727. The Kier molecular flexibility index (Phi) is 11.6. The molecule has 0 saturated carbocycles. The topological polar surface area (TPSA) is 66.0 Å². The molecule has 2 rings (SSSR count). The van der Waals surface area contributed by atoms with Gasteiger partial charge < -0.3 is 20.3 Å². The van der Waals surface area contributed by atoms with E-state index in [1.54, 1.807) is 11.3 Å². The molecule has 0 aliphatic carbocycles. The number of carbonyl (C=O) groups is 1. The summed E-state index contributed by atoms with van der Waals surface area (Å²) in [5, 5.41) is 8.17. The predicted octanol–water partition coefficient (Wildman–Crippen LogP) is 3.84. The van der Waals surface area contributed by atoms with Crippen LogP contribution in [-0.2, 0) is 11.2 Å². The van der Waals surface area contributed by atoms with Gasteiger partial charge in [0.25, 0.3) is 0 Å². The lowest BCUT2D eigenvalue weighted by atomic mass is 10.3. The second kappa shape index (κ2) is 13.4. The molecule has 1 aromatic carbocycles. The second-order valence-electron chi connectivity index (χ2n) is 6.04. The van der Waals surface area contributed by atoms with E-state index in [0.717, 1.165) is 31.2 Å². The zero-order valence-electron chi connectivity index (χ0n) is 16.6. The SMILES string of the molecule is CCNC(=NCCOc1cccc(NC(C)=O)c1)N(C)CCc1cccs1.I. The molecule has 0 fully saturated rings. The van der Waals surface area contributed by atoms with Crippen molar-refractivity contribution >= 4 is 52.9 Å². The maximum absolute atomic E-state index is 11.1. The number of anilines is 1. The maximum Gasteiger partial charge on any atom is 0.221 e. The first kappa shape index (κ1) is 24.2. The fourth-order valence-corrected chi connectivity index (χ4v) is 3.19. The minimum Gasteiger partial charge on any atom is -0.492 e. The lowest BCUT2D eigenvalue weighted by molar-refractivity contribution is -0.114. The van der Waals surface area contributed by atoms with Crippen LogP contribution in [0.2, 0.25) is 0 Å². The molecule has 1 heterocycles. The number of ether oxygens (including phenoxy) is 1. The van der Waals surface area contributed by atoms with Crippen LogP contribution in [-0.4, -0.2) is 50.1 Å². The molecule has 28 heavy (non-hydrogen) atoms. The second-order valence-corrected chi connectivity index (χ2v) is 7.08. The van der Waals surface area contributed by atoms with E-state index in [2.05, 4.69) is 45.0 Å². The van der Waals surface area contributed by atoms with E-state index in [-0.39, 0.29) is 29.9 Å². The number of guanidine groups is 1. The minimum atomic E-state index is -0.0994. The Bertz CT molecular complexity index is 738. The monoisotopic (exact) mass is 516 g/mol. The van der Waals surface area contributed by atoms with Crippen LogP contribution in [0.4, 0.5) is 5.69 Å². The molecule has 0 radical (unpaired) electrons. The average Bonchev–Trinajstić information content (AvgIpc) is 3.15. The third kappa shape index (κ3) is 8.92. The van der Waals surface area contributed by atoms with Gasteiger partial charge >= 0.3 is 0 Å². The predicted molar refractivity (Wildman–Crippen MR) is 128 cm³/mol. The highest BCUT2D eigenvalue weighted by Crippen LogP contribution is 2.17. The van der Waals surface area contributed by atoms with Crippen LogP contribution in [0.5, 0.6) is 5.75 Å². The highest BCUT2D eigenvalue weighted by molar-refractivity contribution is 14.0. The summed E-state index contributed by atoms with van der Waals surface area (Å²) in [6, 6.07) is 11.6. The standard InChI is InChI=1S/C20H28N4O2S.HI/c1-4-21-20(24(3)12-10-19-9-6-14-27-19)22-11-13-26-18-8-5-7-17(15-18)23-16(2)25;/h5-9,14-15H,4,10-13H2,1-3H3,(H,21,22)(H,23,25);1H. The molecule has 0 unspecified atom stereocenters. The molecule has 6 nitrogen and oxygen atoms in total. The molecule has 2 N–H and O–H groups in total. The van der Waals surface area contributed by atoms with Crippen LogP contribution in [0.3, 0.4) is 0 Å². The van der Waals surface area contributed by atoms with Gasteiger partial charge in [-0.3, -0.25) is 4.79 Å². The van der Waals surface area contributed by atoms with Crippen molar-refractivity contribution in [2.45, 2.75) is 20.3 Å². The number of benzene rings is 1. The van der Waals surface area contributed by atoms with Crippen molar-refractivity contribution in [3.63, 3.8) is 0 Å². The van der Waals surface area contributed by atoms with Gasteiger partial charge in [-0.25, -0.2) is 4.99 Å². The van der Waals surface area contributed by atoms with E-state index >= 15 is 0 Å². The first-order valence-corrected chi connectivity index (χ1v) is 9.98. The molecule has 0 saturated heterocycles. The molecule has 0 spiro atoms. The largest absolute Gasteiger partial charge is 0.492 e. The Labute approximate surface area is 188 Å². The fraction of sp³-hybridized carbons (Fsp3) is 0.400. The van der Waals surface area contributed by atoms with Gasteiger partial charge in [0.2, 0.25) is 5.91 Å².